The molecule has 94 valence electrons. The number of aliphatic hydroxyl groups is 2. The molecule has 5 heteroatoms. The highest BCUT2D eigenvalue weighted by molar-refractivity contribution is 5.02. The minimum atomic E-state index is -0.965. The van der Waals surface area contributed by atoms with Gasteiger partial charge in [-0.05, 0) is 13.8 Å². The molecule has 6 atom stereocenters. The van der Waals surface area contributed by atoms with Crippen LogP contribution in [-0.4, -0.2) is 53.6 Å². The summed E-state index contributed by atoms with van der Waals surface area (Å²) < 4.78 is 16.6. The molecule has 0 amide bonds. The topological polar surface area (TPSA) is 68.2 Å². The second-order valence-electron chi connectivity index (χ2n) is 5.11. The van der Waals surface area contributed by atoms with E-state index in [1.807, 2.05) is 6.92 Å². The lowest BCUT2D eigenvalue weighted by Crippen LogP contribution is -2.59. The van der Waals surface area contributed by atoms with Crippen LogP contribution in [0.4, 0.5) is 0 Å². The van der Waals surface area contributed by atoms with Gasteiger partial charge in [0, 0.05) is 13.0 Å². The molecule has 0 aromatic rings. The number of ether oxygens (including phenoxy) is 3. The first kappa shape index (κ1) is 12.3. The zero-order valence-electron chi connectivity index (χ0n) is 10.1. The van der Waals surface area contributed by atoms with Crippen molar-refractivity contribution in [3.63, 3.8) is 0 Å². The van der Waals surface area contributed by atoms with E-state index in [4.69, 9.17) is 14.2 Å². The summed E-state index contributed by atoms with van der Waals surface area (Å²) in [5.41, 5.74) is 0. The minimum absolute atomic E-state index is 0.0184. The van der Waals surface area contributed by atoms with Crippen LogP contribution in [0, 0.1) is 5.92 Å². The Hall–Kier alpha value is -0.200. The fourth-order valence-corrected chi connectivity index (χ4v) is 2.73. The molecule has 0 radical (unpaired) electrons. The van der Waals surface area contributed by atoms with Crippen molar-refractivity contribution in [1.82, 2.24) is 0 Å². The Morgan fingerprint density at radius 1 is 1.06 bits per heavy atom. The fraction of sp³-hybridized carbons (Fsp3) is 1.00. The summed E-state index contributed by atoms with van der Waals surface area (Å²) in [5, 5.41) is 19.9. The number of aliphatic hydroxyl groups excluding tert-OH is 2. The summed E-state index contributed by atoms with van der Waals surface area (Å²) in [4.78, 5) is 0. The van der Waals surface area contributed by atoms with Crippen LogP contribution in [0.15, 0.2) is 0 Å². The lowest BCUT2D eigenvalue weighted by atomic mass is 9.79. The van der Waals surface area contributed by atoms with E-state index in [9.17, 15) is 10.2 Å². The third-order valence-corrected chi connectivity index (χ3v) is 3.50. The zero-order valence-corrected chi connectivity index (χ0v) is 10.1. The highest BCUT2D eigenvalue weighted by atomic mass is 16.8. The Balaban J connectivity index is 2.23. The summed E-state index contributed by atoms with van der Waals surface area (Å²) in [7, 11) is 1.53. The van der Waals surface area contributed by atoms with Crippen molar-refractivity contribution in [3.05, 3.63) is 0 Å². The van der Waals surface area contributed by atoms with Gasteiger partial charge in [0.15, 0.2) is 5.79 Å². The van der Waals surface area contributed by atoms with Crippen molar-refractivity contribution in [1.29, 1.82) is 0 Å². The van der Waals surface area contributed by atoms with Gasteiger partial charge in [0.2, 0.25) is 0 Å². The summed E-state index contributed by atoms with van der Waals surface area (Å²) in [6.07, 6.45) is -3.04. The Labute approximate surface area is 95.3 Å². The Kier molecular flexibility index (Phi) is 3.01. The molecule has 1 aliphatic heterocycles. The molecule has 1 saturated heterocycles. The molecule has 2 fully saturated rings. The molecule has 1 heterocycles. The number of hydrogen-bond donors (Lipinski definition) is 2. The molecule has 2 rings (SSSR count). The first-order chi connectivity index (χ1) is 7.37. The van der Waals surface area contributed by atoms with Crippen molar-refractivity contribution in [2.45, 2.75) is 57.1 Å². The predicted octanol–water partition coefficient (Wildman–Crippen LogP) is -0.107. The molecule has 0 aromatic carbocycles. The largest absolute Gasteiger partial charge is 0.388 e. The normalized spacial score (nSPS) is 51.4. The molecular weight excluding hydrogens is 212 g/mol. The molecule has 5 nitrogen and oxygen atoms in total. The van der Waals surface area contributed by atoms with Crippen molar-refractivity contribution in [2.75, 3.05) is 7.11 Å². The average Bonchev–Trinajstić information content (AvgIpc) is 2.52. The molecular formula is C11H20O5. The molecule has 0 spiro atoms. The predicted molar refractivity (Wildman–Crippen MR) is 55.8 cm³/mol. The average molecular weight is 232 g/mol. The third-order valence-electron chi connectivity index (χ3n) is 3.50. The molecule has 2 aliphatic rings. The van der Waals surface area contributed by atoms with Crippen molar-refractivity contribution in [2.24, 2.45) is 5.92 Å². The van der Waals surface area contributed by atoms with Crippen LogP contribution < -0.4 is 0 Å². The van der Waals surface area contributed by atoms with Crippen LogP contribution >= 0.6 is 0 Å². The summed E-state index contributed by atoms with van der Waals surface area (Å²) in [6.45, 7) is 5.55. The maximum Gasteiger partial charge on any atom is 0.163 e. The van der Waals surface area contributed by atoms with E-state index in [1.165, 1.54) is 7.11 Å². The van der Waals surface area contributed by atoms with E-state index in [-0.39, 0.29) is 12.0 Å². The smallest absolute Gasteiger partial charge is 0.163 e. The van der Waals surface area contributed by atoms with Gasteiger partial charge in [0.1, 0.15) is 18.3 Å². The van der Waals surface area contributed by atoms with E-state index in [2.05, 4.69) is 0 Å². The van der Waals surface area contributed by atoms with Crippen molar-refractivity contribution < 1.29 is 24.4 Å². The molecule has 1 aliphatic carbocycles. The number of rotatable bonds is 1. The quantitative estimate of drug-likeness (QED) is 0.660. The molecule has 1 saturated carbocycles. The van der Waals surface area contributed by atoms with E-state index in [0.29, 0.717) is 0 Å². The van der Waals surface area contributed by atoms with Gasteiger partial charge in [-0.2, -0.15) is 0 Å². The second kappa shape index (κ2) is 3.92. The van der Waals surface area contributed by atoms with Crippen molar-refractivity contribution >= 4 is 0 Å². The fourth-order valence-electron chi connectivity index (χ4n) is 2.73. The maximum atomic E-state index is 9.96. The van der Waals surface area contributed by atoms with Crippen LogP contribution in [0.3, 0.4) is 0 Å². The first-order valence-electron chi connectivity index (χ1n) is 5.62. The molecule has 2 N–H and O–H groups in total. The Bertz CT molecular complexity index is 267. The van der Waals surface area contributed by atoms with Gasteiger partial charge in [-0.25, -0.2) is 0 Å². The molecule has 0 bridgehead atoms. The minimum Gasteiger partial charge on any atom is -0.388 e. The van der Waals surface area contributed by atoms with Gasteiger partial charge in [-0.15, -0.1) is 0 Å². The summed E-state index contributed by atoms with van der Waals surface area (Å²) in [6, 6.07) is 0. The first-order valence-corrected chi connectivity index (χ1v) is 5.62. The highest BCUT2D eigenvalue weighted by Crippen LogP contribution is 2.40. The number of hydrogen-bond acceptors (Lipinski definition) is 5. The zero-order chi connectivity index (χ0) is 12.1. The highest BCUT2D eigenvalue weighted by Gasteiger charge is 2.56. The number of fused-ring (bicyclic) bond motifs is 1. The van der Waals surface area contributed by atoms with E-state index in [1.54, 1.807) is 13.8 Å². The maximum absolute atomic E-state index is 9.96. The van der Waals surface area contributed by atoms with Crippen LogP contribution in [0.1, 0.15) is 20.8 Å². The van der Waals surface area contributed by atoms with Crippen molar-refractivity contribution in [3.8, 4) is 0 Å². The van der Waals surface area contributed by atoms with Gasteiger partial charge in [-0.1, -0.05) is 6.92 Å². The SMILES string of the molecule is CO[C@@H]1[C@@H](C)[C@H]2OC(C)(C)O[C@H]2[C@H](O)[C@H]1O. The Morgan fingerprint density at radius 2 is 1.62 bits per heavy atom. The lowest BCUT2D eigenvalue weighted by molar-refractivity contribution is -0.178. The van der Waals surface area contributed by atoms with E-state index in [0.717, 1.165) is 0 Å². The second-order valence-corrected chi connectivity index (χ2v) is 5.11. The van der Waals surface area contributed by atoms with Crippen LogP contribution in [0.25, 0.3) is 0 Å². The van der Waals surface area contributed by atoms with E-state index < -0.39 is 30.2 Å². The standard InChI is InChI=1S/C11H20O5/c1-5-8(14-4)6(12)7(13)10-9(5)15-11(2,3)16-10/h5-10,12-13H,1-4H3/t5-,6-,7-,8-,9-,10+/m1/s1. The monoisotopic (exact) mass is 232 g/mol. The summed E-state index contributed by atoms with van der Waals surface area (Å²) in [5.74, 6) is -0.734. The van der Waals surface area contributed by atoms with E-state index >= 15 is 0 Å². The van der Waals surface area contributed by atoms with Crippen LogP contribution in [0.2, 0.25) is 0 Å². The van der Waals surface area contributed by atoms with Crippen LogP contribution in [0.5, 0.6) is 0 Å². The number of methoxy groups -OCH3 is 1. The van der Waals surface area contributed by atoms with Gasteiger partial charge in [-0.3, -0.25) is 0 Å². The Morgan fingerprint density at radius 3 is 2.19 bits per heavy atom. The molecule has 0 aromatic heterocycles. The van der Waals surface area contributed by atoms with Crippen LogP contribution in [-0.2, 0) is 14.2 Å². The summed E-state index contributed by atoms with van der Waals surface area (Å²) >= 11 is 0. The lowest BCUT2D eigenvalue weighted by Gasteiger charge is -2.41. The molecule has 0 unspecified atom stereocenters. The molecule has 16 heavy (non-hydrogen) atoms. The van der Waals surface area contributed by atoms with Gasteiger partial charge in [0.25, 0.3) is 0 Å². The van der Waals surface area contributed by atoms with Gasteiger partial charge in [0.05, 0.1) is 12.2 Å². The van der Waals surface area contributed by atoms with Gasteiger partial charge < -0.3 is 24.4 Å². The van der Waals surface area contributed by atoms with Gasteiger partial charge >= 0.3 is 0 Å². The third kappa shape index (κ3) is 1.76.